The van der Waals surface area contributed by atoms with Gasteiger partial charge >= 0.3 is 6.18 Å². The standard InChI is InChI=1S/C14H18ClF4NO/c1-2-20-12(5-6-21-9-14(17,18)19)8-10-7-11(15)3-4-13(10)16/h3-4,7,12,20H,2,5-6,8-9H2,1H3. The number of alkyl halides is 3. The Labute approximate surface area is 126 Å². The lowest BCUT2D eigenvalue weighted by molar-refractivity contribution is -0.174. The van der Waals surface area contributed by atoms with Crippen LogP contribution in [-0.4, -0.2) is 32.0 Å². The fourth-order valence-corrected chi connectivity index (χ4v) is 2.14. The van der Waals surface area contributed by atoms with Crippen molar-refractivity contribution in [3.63, 3.8) is 0 Å². The van der Waals surface area contributed by atoms with Gasteiger partial charge in [-0.2, -0.15) is 13.2 Å². The normalized spacial score (nSPS) is 13.4. The number of hydrogen-bond acceptors (Lipinski definition) is 2. The SMILES string of the molecule is CCNC(CCOCC(F)(F)F)Cc1cc(Cl)ccc1F. The van der Waals surface area contributed by atoms with E-state index in [1.54, 1.807) is 0 Å². The molecule has 0 amide bonds. The molecule has 1 rings (SSSR count). The van der Waals surface area contributed by atoms with Gasteiger partial charge in [0.1, 0.15) is 12.4 Å². The van der Waals surface area contributed by atoms with Gasteiger partial charge in [0.05, 0.1) is 0 Å². The zero-order valence-electron chi connectivity index (χ0n) is 11.6. The van der Waals surface area contributed by atoms with Crippen LogP contribution in [-0.2, 0) is 11.2 Å². The number of halogens is 5. The molecule has 0 spiro atoms. The molecule has 1 unspecified atom stereocenters. The van der Waals surface area contributed by atoms with E-state index < -0.39 is 12.8 Å². The highest BCUT2D eigenvalue weighted by Crippen LogP contribution is 2.18. The van der Waals surface area contributed by atoms with Gasteiger partial charge in [0.2, 0.25) is 0 Å². The minimum absolute atomic E-state index is 0.0423. The highest BCUT2D eigenvalue weighted by Gasteiger charge is 2.27. The predicted molar refractivity (Wildman–Crippen MR) is 74.1 cm³/mol. The van der Waals surface area contributed by atoms with Gasteiger partial charge in [-0.1, -0.05) is 18.5 Å². The van der Waals surface area contributed by atoms with Crippen molar-refractivity contribution in [1.82, 2.24) is 5.32 Å². The first-order valence-electron chi connectivity index (χ1n) is 6.63. The zero-order chi connectivity index (χ0) is 15.9. The van der Waals surface area contributed by atoms with Crippen LogP contribution in [0.1, 0.15) is 18.9 Å². The second-order valence-corrected chi connectivity index (χ2v) is 5.09. The van der Waals surface area contributed by atoms with Gasteiger partial charge in [-0.25, -0.2) is 4.39 Å². The van der Waals surface area contributed by atoms with E-state index in [2.05, 4.69) is 10.1 Å². The van der Waals surface area contributed by atoms with Crippen LogP contribution in [0.4, 0.5) is 17.6 Å². The van der Waals surface area contributed by atoms with Crippen molar-refractivity contribution in [2.75, 3.05) is 19.8 Å². The van der Waals surface area contributed by atoms with Crippen LogP contribution in [0.15, 0.2) is 18.2 Å². The molecule has 2 nitrogen and oxygen atoms in total. The number of ether oxygens (including phenoxy) is 1. The third-order valence-corrected chi connectivity index (χ3v) is 3.08. The van der Waals surface area contributed by atoms with Gasteiger partial charge in [0.25, 0.3) is 0 Å². The Morgan fingerprint density at radius 1 is 1.33 bits per heavy atom. The fourth-order valence-electron chi connectivity index (χ4n) is 1.94. The Morgan fingerprint density at radius 3 is 2.67 bits per heavy atom. The molecule has 21 heavy (non-hydrogen) atoms. The molecule has 1 aromatic rings. The van der Waals surface area contributed by atoms with Gasteiger partial charge in [0, 0.05) is 17.7 Å². The zero-order valence-corrected chi connectivity index (χ0v) is 12.4. The van der Waals surface area contributed by atoms with Gasteiger partial charge in [0.15, 0.2) is 0 Å². The van der Waals surface area contributed by atoms with E-state index >= 15 is 0 Å². The third-order valence-electron chi connectivity index (χ3n) is 2.84. The Bertz CT molecular complexity index is 439. The van der Waals surface area contributed by atoms with Crippen molar-refractivity contribution in [2.24, 2.45) is 0 Å². The third kappa shape index (κ3) is 7.64. The van der Waals surface area contributed by atoms with E-state index in [-0.39, 0.29) is 18.5 Å². The van der Waals surface area contributed by atoms with Crippen molar-refractivity contribution in [3.05, 3.63) is 34.6 Å². The molecule has 0 aliphatic carbocycles. The Hall–Kier alpha value is -0.850. The minimum atomic E-state index is -4.33. The smallest absolute Gasteiger partial charge is 0.372 e. The summed E-state index contributed by atoms with van der Waals surface area (Å²) in [6, 6.07) is 4.09. The molecule has 7 heteroatoms. The van der Waals surface area contributed by atoms with Gasteiger partial charge in [-0.05, 0) is 43.1 Å². The maximum Gasteiger partial charge on any atom is 0.411 e. The van der Waals surface area contributed by atoms with E-state index in [1.165, 1.54) is 18.2 Å². The summed E-state index contributed by atoms with van der Waals surface area (Å²) in [7, 11) is 0. The van der Waals surface area contributed by atoms with Crippen molar-refractivity contribution in [2.45, 2.75) is 32.0 Å². The summed E-state index contributed by atoms with van der Waals surface area (Å²) in [5.41, 5.74) is 0.435. The summed E-state index contributed by atoms with van der Waals surface area (Å²) in [6.45, 7) is 1.20. The molecular weight excluding hydrogens is 310 g/mol. The first kappa shape index (κ1) is 18.2. The number of rotatable bonds is 8. The van der Waals surface area contributed by atoms with Crippen molar-refractivity contribution < 1.29 is 22.3 Å². The molecule has 1 aromatic carbocycles. The minimum Gasteiger partial charge on any atom is -0.372 e. The second kappa shape index (κ2) is 8.56. The molecule has 0 aliphatic heterocycles. The highest BCUT2D eigenvalue weighted by atomic mass is 35.5. The molecule has 120 valence electrons. The van der Waals surface area contributed by atoms with Crippen LogP contribution < -0.4 is 5.32 Å². The molecule has 0 radical (unpaired) electrons. The molecule has 0 fully saturated rings. The Balaban J connectivity index is 2.51. The van der Waals surface area contributed by atoms with Gasteiger partial charge < -0.3 is 10.1 Å². The largest absolute Gasteiger partial charge is 0.411 e. The summed E-state index contributed by atoms with van der Waals surface area (Å²) < 4.78 is 54.1. The molecular formula is C14H18ClF4NO. The molecule has 0 heterocycles. The molecule has 0 saturated carbocycles. The van der Waals surface area contributed by atoms with Crippen LogP contribution in [0.25, 0.3) is 0 Å². The van der Waals surface area contributed by atoms with E-state index in [4.69, 9.17) is 11.6 Å². The molecule has 0 aromatic heterocycles. The molecule has 1 N–H and O–H groups in total. The summed E-state index contributed by atoms with van der Waals surface area (Å²) >= 11 is 5.82. The van der Waals surface area contributed by atoms with E-state index in [0.717, 1.165) is 0 Å². The maximum absolute atomic E-state index is 13.6. The summed E-state index contributed by atoms with van der Waals surface area (Å²) in [6.07, 6.45) is -3.63. The number of benzene rings is 1. The summed E-state index contributed by atoms with van der Waals surface area (Å²) in [5.74, 6) is -0.376. The van der Waals surface area contributed by atoms with Crippen LogP contribution in [0, 0.1) is 5.82 Å². The van der Waals surface area contributed by atoms with E-state index in [0.29, 0.717) is 30.0 Å². The summed E-state index contributed by atoms with van der Waals surface area (Å²) in [4.78, 5) is 0. The van der Waals surface area contributed by atoms with Crippen molar-refractivity contribution >= 4 is 11.6 Å². The van der Waals surface area contributed by atoms with E-state index in [9.17, 15) is 17.6 Å². The second-order valence-electron chi connectivity index (χ2n) is 4.65. The average molecular weight is 328 g/mol. The number of likely N-dealkylation sites (N-methyl/N-ethyl adjacent to an activating group) is 1. The first-order chi connectivity index (χ1) is 9.81. The average Bonchev–Trinajstić information content (AvgIpc) is 2.38. The van der Waals surface area contributed by atoms with Gasteiger partial charge in [-0.15, -0.1) is 0 Å². The lowest BCUT2D eigenvalue weighted by Gasteiger charge is -2.19. The van der Waals surface area contributed by atoms with Crippen molar-refractivity contribution in [1.29, 1.82) is 0 Å². The van der Waals surface area contributed by atoms with Crippen LogP contribution in [0.3, 0.4) is 0 Å². The molecule has 0 saturated heterocycles. The molecule has 1 atom stereocenters. The monoisotopic (exact) mass is 327 g/mol. The van der Waals surface area contributed by atoms with Gasteiger partial charge in [-0.3, -0.25) is 0 Å². The number of hydrogen-bond donors (Lipinski definition) is 1. The van der Waals surface area contributed by atoms with Crippen LogP contribution in [0.2, 0.25) is 5.02 Å². The lowest BCUT2D eigenvalue weighted by Crippen LogP contribution is -2.33. The Kier molecular flexibility index (Phi) is 7.42. The quantitative estimate of drug-likeness (QED) is 0.576. The van der Waals surface area contributed by atoms with Crippen molar-refractivity contribution in [3.8, 4) is 0 Å². The Morgan fingerprint density at radius 2 is 2.05 bits per heavy atom. The first-order valence-corrected chi connectivity index (χ1v) is 7.01. The predicted octanol–water partition coefficient (Wildman–Crippen LogP) is 3.97. The molecule has 0 aliphatic rings. The molecule has 0 bridgehead atoms. The van der Waals surface area contributed by atoms with Crippen LogP contribution >= 0.6 is 11.6 Å². The lowest BCUT2D eigenvalue weighted by atomic mass is 10.0. The number of nitrogens with one attached hydrogen (secondary N) is 1. The fraction of sp³-hybridized carbons (Fsp3) is 0.571. The van der Waals surface area contributed by atoms with E-state index in [1.807, 2.05) is 6.92 Å². The topological polar surface area (TPSA) is 21.3 Å². The summed E-state index contributed by atoms with van der Waals surface area (Å²) in [5, 5.41) is 3.53. The highest BCUT2D eigenvalue weighted by molar-refractivity contribution is 6.30. The van der Waals surface area contributed by atoms with Crippen LogP contribution in [0.5, 0.6) is 0 Å². The maximum atomic E-state index is 13.6.